The highest BCUT2D eigenvalue weighted by atomic mass is 35.5. The molecule has 0 aliphatic heterocycles. The summed E-state index contributed by atoms with van der Waals surface area (Å²) < 4.78 is 23.8. The van der Waals surface area contributed by atoms with Crippen LogP contribution in [-0.2, 0) is 9.53 Å². The lowest BCUT2D eigenvalue weighted by atomic mass is 10.2. The van der Waals surface area contributed by atoms with Gasteiger partial charge in [0.05, 0.1) is 22.9 Å². The highest BCUT2D eigenvalue weighted by Gasteiger charge is 2.20. The fourth-order valence-corrected chi connectivity index (χ4v) is 2.27. The molecule has 144 valence electrons. The summed E-state index contributed by atoms with van der Waals surface area (Å²) in [5.74, 6) is -0.689. The first kappa shape index (κ1) is 20.7. The van der Waals surface area contributed by atoms with E-state index < -0.39 is 23.8 Å². The molecule has 27 heavy (non-hydrogen) atoms. The molecule has 1 amide bonds. The lowest BCUT2D eigenvalue weighted by Gasteiger charge is -2.14. The summed E-state index contributed by atoms with van der Waals surface area (Å²) in [7, 11) is 0. The Labute approximate surface area is 162 Å². The minimum Gasteiger partial charge on any atom is -0.493 e. The highest BCUT2D eigenvalue weighted by Crippen LogP contribution is 2.23. The maximum Gasteiger partial charge on any atom is 0.338 e. The van der Waals surface area contributed by atoms with E-state index in [1.807, 2.05) is 13.8 Å². The molecule has 2 aromatic carbocycles. The van der Waals surface area contributed by atoms with Gasteiger partial charge in [-0.2, -0.15) is 0 Å². The topological polar surface area (TPSA) is 64.6 Å². The number of carbonyl (C=O) groups excluding carboxylic acids is 2. The smallest absolute Gasteiger partial charge is 0.338 e. The molecule has 1 unspecified atom stereocenters. The minimum atomic E-state index is -1.06. The van der Waals surface area contributed by atoms with E-state index in [-0.39, 0.29) is 10.7 Å². The second-order valence-electron chi connectivity index (χ2n) is 6.39. The summed E-state index contributed by atoms with van der Waals surface area (Å²) in [6.45, 7) is 6.09. The van der Waals surface area contributed by atoms with Crippen LogP contribution >= 0.6 is 11.6 Å². The van der Waals surface area contributed by atoms with Gasteiger partial charge < -0.3 is 14.8 Å². The van der Waals surface area contributed by atoms with Gasteiger partial charge in [0.25, 0.3) is 5.91 Å². The van der Waals surface area contributed by atoms with Crippen LogP contribution in [-0.4, -0.2) is 24.6 Å². The fourth-order valence-electron chi connectivity index (χ4n) is 2.06. The predicted molar refractivity (Wildman–Crippen MR) is 102 cm³/mol. The van der Waals surface area contributed by atoms with Gasteiger partial charge in [-0.25, -0.2) is 9.18 Å². The van der Waals surface area contributed by atoms with Gasteiger partial charge in [-0.1, -0.05) is 25.4 Å². The van der Waals surface area contributed by atoms with Crippen molar-refractivity contribution in [2.24, 2.45) is 5.92 Å². The molecule has 0 heterocycles. The molecule has 0 fully saturated rings. The van der Waals surface area contributed by atoms with Crippen LogP contribution in [0, 0.1) is 11.7 Å². The van der Waals surface area contributed by atoms with Crippen LogP contribution < -0.4 is 10.1 Å². The first-order valence-electron chi connectivity index (χ1n) is 8.46. The third-order valence-electron chi connectivity index (χ3n) is 3.52. The number of benzene rings is 2. The Bertz CT molecular complexity index is 808. The Balaban J connectivity index is 1.93. The summed E-state index contributed by atoms with van der Waals surface area (Å²) in [6, 6.07) is 10.1. The number of carbonyl (C=O) groups is 2. The third kappa shape index (κ3) is 6.25. The van der Waals surface area contributed by atoms with Gasteiger partial charge in [0.15, 0.2) is 6.10 Å². The summed E-state index contributed by atoms with van der Waals surface area (Å²) in [5, 5.41) is 2.55. The lowest BCUT2D eigenvalue weighted by molar-refractivity contribution is -0.123. The molecule has 0 aliphatic carbocycles. The Hall–Kier alpha value is -2.60. The Morgan fingerprint density at radius 3 is 2.37 bits per heavy atom. The van der Waals surface area contributed by atoms with Crippen LogP contribution in [0.2, 0.25) is 5.02 Å². The van der Waals surface area contributed by atoms with Gasteiger partial charge in [0.1, 0.15) is 11.6 Å². The van der Waals surface area contributed by atoms with E-state index in [1.54, 1.807) is 24.3 Å². The molecular formula is C20H21ClFNO4. The van der Waals surface area contributed by atoms with Gasteiger partial charge in [-0.05, 0) is 55.3 Å². The highest BCUT2D eigenvalue weighted by molar-refractivity contribution is 6.33. The summed E-state index contributed by atoms with van der Waals surface area (Å²) in [4.78, 5) is 24.3. The van der Waals surface area contributed by atoms with Crippen LogP contribution in [0.4, 0.5) is 10.1 Å². The number of hydrogen-bond donors (Lipinski definition) is 1. The number of ether oxygens (including phenoxy) is 2. The van der Waals surface area contributed by atoms with Gasteiger partial charge in [0, 0.05) is 0 Å². The van der Waals surface area contributed by atoms with Crippen LogP contribution in [0.1, 0.15) is 31.1 Å². The molecule has 0 aromatic heterocycles. The van der Waals surface area contributed by atoms with Crippen LogP contribution in [0.5, 0.6) is 5.75 Å². The molecule has 0 saturated heterocycles. The number of nitrogens with one attached hydrogen (secondary N) is 1. The van der Waals surface area contributed by atoms with Crippen molar-refractivity contribution in [2.45, 2.75) is 26.9 Å². The number of anilines is 1. The maximum atomic E-state index is 13.0. The third-order valence-corrected chi connectivity index (χ3v) is 3.83. The summed E-state index contributed by atoms with van der Waals surface area (Å²) >= 11 is 5.87. The second-order valence-corrected chi connectivity index (χ2v) is 6.80. The van der Waals surface area contributed by atoms with Crippen molar-refractivity contribution in [1.82, 2.24) is 0 Å². The molecule has 2 aromatic rings. The number of hydrogen-bond acceptors (Lipinski definition) is 4. The molecule has 1 N–H and O–H groups in total. The number of halogens is 2. The number of amides is 1. The van der Waals surface area contributed by atoms with Crippen molar-refractivity contribution in [3.8, 4) is 5.75 Å². The molecule has 7 heteroatoms. The monoisotopic (exact) mass is 393 g/mol. The molecule has 0 aliphatic rings. The van der Waals surface area contributed by atoms with Gasteiger partial charge >= 0.3 is 5.97 Å². The quantitative estimate of drug-likeness (QED) is 0.692. The van der Waals surface area contributed by atoms with Crippen molar-refractivity contribution >= 4 is 29.2 Å². The van der Waals surface area contributed by atoms with Crippen molar-refractivity contribution in [3.63, 3.8) is 0 Å². The largest absolute Gasteiger partial charge is 0.493 e. The van der Waals surface area contributed by atoms with Crippen molar-refractivity contribution in [3.05, 3.63) is 58.9 Å². The molecule has 2 rings (SSSR count). The van der Waals surface area contributed by atoms with Crippen molar-refractivity contribution in [2.75, 3.05) is 11.9 Å². The molecule has 1 atom stereocenters. The normalized spacial score (nSPS) is 11.8. The first-order chi connectivity index (χ1) is 12.8. The SMILES string of the molecule is CC(C)COc1ccc(C(=O)OC(C)C(=O)Nc2ccc(F)cc2Cl)cc1. The van der Waals surface area contributed by atoms with Crippen molar-refractivity contribution in [1.29, 1.82) is 0 Å². The lowest BCUT2D eigenvalue weighted by Crippen LogP contribution is -2.30. The van der Waals surface area contributed by atoms with E-state index in [4.69, 9.17) is 21.1 Å². The van der Waals surface area contributed by atoms with Gasteiger partial charge in [0.2, 0.25) is 0 Å². The number of rotatable bonds is 7. The maximum absolute atomic E-state index is 13.0. The van der Waals surface area contributed by atoms with Crippen molar-refractivity contribution < 1.29 is 23.5 Å². The number of esters is 1. The zero-order valence-corrected chi connectivity index (χ0v) is 16.0. The van der Waals surface area contributed by atoms with E-state index in [0.29, 0.717) is 23.8 Å². The zero-order chi connectivity index (χ0) is 20.0. The predicted octanol–water partition coefficient (Wildman–Crippen LogP) is 4.70. The van der Waals surface area contributed by atoms with Crippen LogP contribution in [0.25, 0.3) is 0 Å². The van der Waals surface area contributed by atoms with E-state index in [1.165, 1.54) is 19.1 Å². The molecule has 0 bridgehead atoms. The molecule has 0 radical (unpaired) electrons. The zero-order valence-electron chi connectivity index (χ0n) is 15.3. The fraction of sp³-hybridized carbons (Fsp3) is 0.300. The van der Waals surface area contributed by atoms with E-state index >= 15 is 0 Å². The molecular weight excluding hydrogens is 373 g/mol. The van der Waals surface area contributed by atoms with Gasteiger partial charge in [-0.3, -0.25) is 4.79 Å². The summed E-state index contributed by atoms with van der Waals surface area (Å²) in [6.07, 6.45) is -1.06. The standard InChI is InChI=1S/C20H21ClFNO4/c1-12(2)11-26-16-7-4-14(5-8-16)20(25)27-13(3)19(24)23-18-9-6-15(22)10-17(18)21/h4-10,12-13H,11H2,1-3H3,(H,23,24). The average molecular weight is 394 g/mol. The minimum absolute atomic E-state index is 0.0545. The van der Waals surface area contributed by atoms with Crippen LogP contribution in [0.15, 0.2) is 42.5 Å². The first-order valence-corrected chi connectivity index (χ1v) is 8.84. The Morgan fingerprint density at radius 2 is 1.78 bits per heavy atom. The van der Waals surface area contributed by atoms with Gasteiger partial charge in [-0.15, -0.1) is 0 Å². The summed E-state index contributed by atoms with van der Waals surface area (Å²) in [5.41, 5.74) is 0.531. The van der Waals surface area contributed by atoms with E-state index in [2.05, 4.69) is 5.32 Å². The van der Waals surface area contributed by atoms with E-state index in [0.717, 1.165) is 6.07 Å². The van der Waals surface area contributed by atoms with Crippen LogP contribution in [0.3, 0.4) is 0 Å². The molecule has 0 saturated carbocycles. The molecule has 5 nitrogen and oxygen atoms in total. The van der Waals surface area contributed by atoms with E-state index in [9.17, 15) is 14.0 Å². The Kier molecular flexibility index (Phi) is 7.19. The molecule has 0 spiro atoms. The second kappa shape index (κ2) is 9.37. The average Bonchev–Trinajstić information content (AvgIpc) is 2.62. The Morgan fingerprint density at radius 1 is 1.11 bits per heavy atom.